The molecule has 1 N–H and O–H groups in total. The molecule has 0 atom stereocenters. The number of rotatable bonds is 4. The molecular weight excluding hydrogens is 254 g/mol. The van der Waals surface area contributed by atoms with Crippen LogP contribution in [0.1, 0.15) is 25.0 Å². The fraction of sp³-hybridized carbons (Fsp3) is 0.400. The third-order valence-corrected chi connectivity index (χ3v) is 4.22. The molecule has 1 fully saturated rings. The van der Waals surface area contributed by atoms with Gasteiger partial charge in [-0.2, -0.15) is 0 Å². The second-order valence-corrected chi connectivity index (χ2v) is 5.83. The van der Waals surface area contributed by atoms with Crippen molar-refractivity contribution in [3.05, 3.63) is 41.4 Å². The molecule has 100 valence electrons. The van der Waals surface area contributed by atoms with Crippen molar-refractivity contribution in [1.82, 2.24) is 9.88 Å². The molecule has 4 heteroatoms. The third-order valence-electron chi connectivity index (χ3n) is 3.41. The Morgan fingerprint density at radius 3 is 2.68 bits per heavy atom. The van der Waals surface area contributed by atoms with Crippen molar-refractivity contribution in [3.8, 4) is 0 Å². The molecule has 1 aromatic carbocycles. The van der Waals surface area contributed by atoms with E-state index in [1.165, 1.54) is 38.0 Å². The zero-order valence-corrected chi connectivity index (χ0v) is 11.8. The van der Waals surface area contributed by atoms with Gasteiger partial charge in [0.25, 0.3) is 0 Å². The van der Waals surface area contributed by atoms with Gasteiger partial charge in [-0.15, -0.1) is 11.3 Å². The average Bonchev–Trinajstić information content (AvgIpc) is 2.88. The lowest BCUT2D eigenvalue weighted by molar-refractivity contribution is 0.219. The summed E-state index contributed by atoms with van der Waals surface area (Å²) < 4.78 is 0. The number of piperidine rings is 1. The highest BCUT2D eigenvalue weighted by Crippen LogP contribution is 2.22. The van der Waals surface area contributed by atoms with Crippen LogP contribution in [0.5, 0.6) is 0 Å². The van der Waals surface area contributed by atoms with E-state index in [4.69, 9.17) is 0 Å². The summed E-state index contributed by atoms with van der Waals surface area (Å²) in [5.41, 5.74) is 2.28. The van der Waals surface area contributed by atoms with Crippen molar-refractivity contribution in [2.24, 2.45) is 0 Å². The predicted molar refractivity (Wildman–Crippen MR) is 81.0 cm³/mol. The van der Waals surface area contributed by atoms with Gasteiger partial charge in [0.05, 0.1) is 5.69 Å². The molecule has 0 aliphatic carbocycles. The molecule has 2 aromatic rings. The maximum atomic E-state index is 4.67. The second kappa shape index (κ2) is 6.17. The average molecular weight is 273 g/mol. The predicted octanol–water partition coefficient (Wildman–Crippen LogP) is 3.87. The zero-order chi connectivity index (χ0) is 12.9. The van der Waals surface area contributed by atoms with Gasteiger partial charge >= 0.3 is 0 Å². The van der Waals surface area contributed by atoms with Crippen molar-refractivity contribution >= 4 is 22.2 Å². The number of nitrogens with zero attached hydrogens (tertiary/aromatic N) is 2. The number of aromatic nitrogens is 1. The van der Waals surface area contributed by atoms with Crippen LogP contribution in [0.15, 0.2) is 35.7 Å². The highest BCUT2D eigenvalue weighted by Gasteiger charge is 2.12. The lowest BCUT2D eigenvalue weighted by Gasteiger charge is -2.25. The summed E-state index contributed by atoms with van der Waals surface area (Å²) >= 11 is 1.68. The van der Waals surface area contributed by atoms with E-state index in [-0.39, 0.29) is 0 Å². The maximum absolute atomic E-state index is 4.67. The Balaban J connectivity index is 1.59. The van der Waals surface area contributed by atoms with Gasteiger partial charge < -0.3 is 5.32 Å². The lowest BCUT2D eigenvalue weighted by atomic mass is 10.1. The molecule has 0 bridgehead atoms. The molecule has 0 saturated carbocycles. The van der Waals surface area contributed by atoms with Crippen LogP contribution in [0, 0.1) is 0 Å². The largest absolute Gasteiger partial charge is 0.332 e. The summed E-state index contributed by atoms with van der Waals surface area (Å²) in [6, 6.07) is 10.2. The molecule has 3 rings (SSSR count). The van der Waals surface area contributed by atoms with Gasteiger partial charge in [0, 0.05) is 17.6 Å². The molecule has 1 aromatic heterocycles. The summed E-state index contributed by atoms with van der Waals surface area (Å²) in [4.78, 5) is 7.17. The number of thiazole rings is 1. The Labute approximate surface area is 118 Å². The fourth-order valence-electron chi connectivity index (χ4n) is 2.43. The Hall–Kier alpha value is -1.39. The number of nitrogens with one attached hydrogen (secondary N) is 1. The van der Waals surface area contributed by atoms with E-state index in [1.807, 2.05) is 18.2 Å². The maximum Gasteiger partial charge on any atom is 0.187 e. The number of anilines is 2. The summed E-state index contributed by atoms with van der Waals surface area (Å²) in [5, 5.41) is 6.50. The summed E-state index contributed by atoms with van der Waals surface area (Å²) in [7, 11) is 0. The first-order chi connectivity index (χ1) is 9.40. The normalized spacial score (nSPS) is 16.4. The van der Waals surface area contributed by atoms with Gasteiger partial charge in [0.2, 0.25) is 0 Å². The quantitative estimate of drug-likeness (QED) is 0.916. The van der Waals surface area contributed by atoms with Gasteiger partial charge in [0.15, 0.2) is 5.13 Å². The summed E-state index contributed by atoms with van der Waals surface area (Å²) in [5.74, 6) is 0. The zero-order valence-electron chi connectivity index (χ0n) is 11.0. The smallest absolute Gasteiger partial charge is 0.187 e. The SMILES string of the molecule is c1ccc(Nc2nc(CN3CCCCC3)cs2)cc1. The van der Waals surface area contributed by atoms with Crippen LogP contribution in [-0.2, 0) is 6.54 Å². The van der Waals surface area contributed by atoms with Crippen LogP contribution in [0.25, 0.3) is 0 Å². The molecule has 19 heavy (non-hydrogen) atoms. The van der Waals surface area contributed by atoms with E-state index in [0.717, 1.165) is 17.4 Å². The van der Waals surface area contributed by atoms with Crippen LogP contribution in [0.4, 0.5) is 10.8 Å². The van der Waals surface area contributed by atoms with E-state index >= 15 is 0 Å². The first-order valence-electron chi connectivity index (χ1n) is 6.89. The minimum atomic E-state index is 0.984. The minimum Gasteiger partial charge on any atom is -0.332 e. The van der Waals surface area contributed by atoms with Crippen LogP contribution < -0.4 is 5.32 Å². The first kappa shape index (κ1) is 12.6. The number of para-hydroxylation sites is 1. The number of likely N-dealkylation sites (tertiary alicyclic amines) is 1. The molecule has 1 saturated heterocycles. The van der Waals surface area contributed by atoms with Crippen molar-refractivity contribution in [3.63, 3.8) is 0 Å². The number of hydrogen-bond donors (Lipinski definition) is 1. The van der Waals surface area contributed by atoms with Crippen LogP contribution in [0.2, 0.25) is 0 Å². The molecule has 1 aliphatic heterocycles. The lowest BCUT2D eigenvalue weighted by Crippen LogP contribution is -2.29. The Kier molecular flexibility index (Phi) is 4.10. The second-order valence-electron chi connectivity index (χ2n) is 4.97. The summed E-state index contributed by atoms with van der Waals surface area (Å²) in [6.07, 6.45) is 4.05. The Morgan fingerprint density at radius 2 is 1.89 bits per heavy atom. The van der Waals surface area contributed by atoms with Gasteiger partial charge in [-0.3, -0.25) is 4.90 Å². The van der Waals surface area contributed by atoms with Crippen LogP contribution >= 0.6 is 11.3 Å². The molecule has 0 spiro atoms. The highest BCUT2D eigenvalue weighted by molar-refractivity contribution is 7.13. The monoisotopic (exact) mass is 273 g/mol. The molecule has 0 amide bonds. The third kappa shape index (κ3) is 3.55. The molecule has 0 radical (unpaired) electrons. The van der Waals surface area contributed by atoms with E-state index in [9.17, 15) is 0 Å². The molecular formula is C15H19N3S. The van der Waals surface area contributed by atoms with Crippen molar-refractivity contribution in [2.45, 2.75) is 25.8 Å². The van der Waals surface area contributed by atoms with E-state index in [1.54, 1.807) is 11.3 Å². The van der Waals surface area contributed by atoms with Crippen molar-refractivity contribution < 1.29 is 0 Å². The fourth-order valence-corrected chi connectivity index (χ4v) is 3.15. The molecule has 0 unspecified atom stereocenters. The summed E-state index contributed by atoms with van der Waals surface area (Å²) in [6.45, 7) is 3.44. The van der Waals surface area contributed by atoms with Crippen molar-refractivity contribution in [1.29, 1.82) is 0 Å². The molecule has 3 nitrogen and oxygen atoms in total. The minimum absolute atomic E-state index is 0.984. The molecule has 1 aliphatic rings. The van der Waals surface area contributed by atoms with Gasteiger partial charge in [-0.05, 0) is 38.1 Å². The van der Waals surface area contributed by atoms with Crippen LogP contribution in [0.3, 0.4) is 0 Å². The Morgan fingerprint density at radius 1 is 1.11 bits per heavy atom. The number of hydrogen-bond acceptors (Lipinski definition) is 4. The topological polar surface area (TPSA) is 28.2 Å². The van der Waals surface area contributed by atoms with Crippen molar-refractivity contribution in [2.75, 3.05) is 18.4 Å². The van der Waals surface area contributed by atoms with E-state index < -0.39 is 0 Å². The van der Waals surface area contributed by atoms with Gasteiger partial charge in [-0.25, -0.2) is 4.98 Å². The first-order valence-corrected chi connectivity index (χ1v) is 7.77. The van der Waals surface area contributed by atoms with E-state index in [2.05, 4.69) is 32.7 Å². The number of benzene rings is 1. The van der Waals surface area contributed by atoms with E-state index in [0.29, 0.717) is 0 Å². The van der Waals surface area contributed by atoms with Gasteiger partial charge in [0.1, 0.15) is 0 Å². The standard InChI is InChI=1S/C15H19N3S/c1-3-7-13(8-4-1)16-15-17-14(12-19-15)11-18-9-5-2-6-10-18/h1,3-4,7-8,12H,2,5-6,9-11H2,(H,16,17). The van der Waals surface area contributed by atoms with Crippen LogP contribution in [-0.4, -0.2) is 23.0 Å². The highest BCUT2D eigenvalue weighted by atomic mass is 32.1. The Bertz CT molecular complexity index is 503. The molecule has 2 heterocycles. The van der Waals surface area contributed by atoms with Gasteiger partial charge in [-0.1, -0.05) is 24.6 Å².